The highest BCUT2D eigenvalue weighted by molar-refractivity contribution is 7.89. The third-order valence-electron chi connectivity index (χ3n) is 3.59. The van der Waals surface area contributed by atoms with E-state index in [0.717, 1.165) is 17.3 Å². The predicted octanol–water partition coefficient (Wildman–Crippen LogP) is 1.87. The number of anilines is 1. The summed E-state index contributed by atoms with van der Waals surface area (Å²) in [4.78, 5) is 14.1. The van der Waals surface area contributed by atoms with Crippen molar-refractivity contribution in [1.29, 1.82) is 0 Å². The number of nitrogens with one attached hydrogen (secondary N) is 1. The number of nitrogens with zero attached hydrogens (tertiary/aromatic N) is 4. The van der Waals surface area contributed by atoms with Crippen LogP contribution in [0.25, 0.3) is 5.69 Å². The van der Waals surface area contributed by atoms with Crippen molar-refractivity contribution < 1.29 is 13.3 Å². The van der Waals surface area contributed by atoms with E-state index in [4.69, 9.17) is 5.14 Å². The van der Waals surface area contributed by atoms with Gasteiger partial charge in [0.05, 0.1) is 22.4 Å². The molecule has 138 valence electrons. The van der Waals surface area contributed by atoms with Crippen molar-refractivity contribution in [2.24, 2.45) is 10.2 Å². The van der Waals surface area contributed by atoms with Gasteiger partial charge in [0.25, 0.3) is 5.69 Å². The number of nitro benzene ring substituents is 1. The first-order valence-electron chi connectivity index (χ1n) is 7.53. The minimum atomic E-state index is -4.04. The zero-order valence-corrected chi connectivity index (χ0v) is 14.6. The maximum absolute atomic E-state index is 11.3. The van der Waals surface area contributed by atoms with E-state index >= 15 is 0 Å². The van der Waals surface area contributed by atoms with Crippen LogP contribution in [0.15, 0.2) is 71.2 Å². The topological polar surface area (TPSA) is 146 Å². The Morgan fingerprint density at radius 2 is 1.96 bits per heavy atom. The maximum atomic E-state index is 11.3. The smallest absolute Gasteiger partial charge is 0.295 e. The molecular formula is C16H14N6O4S. The van der Waals surface area contributed by atoms with Gasteiger partial charge in [0.2, 0.25) is 10.0 Å². The minimum Gasteiger partial charge on any atom is -0.306 e. The van der Waals surface area contributed by atoms with E-state index in [1.165, 1.54) is 18.3 Å². The Bertz CT molecular complexity index is 1090. The molecule has 0 fully saturated rings. The van der Waals surface area contributed by atoms with Gasteiger partial charge in [-0.25, -0.2) is 18.5 Å². The molecule has 0 spiro atoms. The summed E-state index contributed by atoms with van der Waals surface area (Å²) in [6.07, 6.45) is 6.65. The van der Waals surface area contributed by atoms with Gasteiger partial charge in [-0.05, 0) is 29.8 Å². The summed E-state index contributed by atoms with van der Waals surface area (Å²) in [5.74, 6) is 0. The fourth-order valence-electron chi connectivity index (χ4n) is 2.25. The van der Waals surface area contributed by atoms with Gasteiger partial charge in [0.1, 0.15) is 5.69 Å². The molecule has 2 aromatic carbocycles. The third kappa shape index (κ3) is 4.34. The van der Waals surface area contributed by atoms with Crippen molar-refractivity contribution in [2.75, 3.05) is 5.43 Å². The van der Waals surface area contributed by atoms with Crippen LogP contribution in [0.3, 0.4) is 0 Å². The van der Waals surface area contributed by atoms with E-state index in [9.17, 15) is 18.5 Å². The van der Waals surface area contributed by atoms with Crippen LogP contribution in [0, 0.1) is 10.1 Å². The lowest BCUT2D eigenvalue weighted by atomic mass is 10.2. The molecule has 1 aromatic heterocycles. The van der Waals surface area contributed by atoms with E-state index in [0.29, 0.717) is 0 Å². The number of primary sulfonamides is 1. The molecular weight excluding hydrogens is 372 g/mol. The van der Waals surface area contributed by atoms with Crippen molar-refractivity contribution in [1.82, 2.24) is 9.55 Å². The Morgan fingerprint density at radius 3 is 2.56 bits per heavy atom. The first-order chi connectivity index (χ1) is 12.8. The molecule has 3 rings (SSSR count). The third-order valence-corrected chi connectivity index (χ3v) is 4.50. The summed E-state index contributed by atoms with van der Waals surface area (Å²) in [6.45, 7) is 0. The number of benzene rings is 2. The van der Waals surface area contributed by atoms with Crippen LogP contribution in [0.2, 0.25) is 0 Å². The number of aromatic nitrogens is 2. The number of hydrogen-bond acceptors (Lipinski definition) is 7. The van der Waals surface area contributed by atoms with Crippen LogP contribution < -0.4 is 10.6 Å². The second-order valence-corrected chi connectivity index (χ2v) is 6.97. The van der Waals surface area contributed by atoms with Crippen molar-refractivity contribution in [2.45, 2.75) is 4.90 Å². The molecule has 11 heteroatoms. The first-order valence-corrected chi connectivity index (χ1v) is 9.08. The minimum absolute atomic E-state index is 0.0404. The lowest BCUT2D eigenvalue weighted by Crippen LogP contribution is -2.12. The molecule has 27 heavy (non-hydrogen) atoms. The van der Waals surface area contributed by atoms with Gasteiger partial charge in [-0.15, -0.1) is 0 Å². The van der Waals surface area contributed by atoms with Crippen molar-refractivity contribution in [3.63, 3.8) is 0 Å². The Kier molecular flexibility index (Phi) is 4.96. The molecule has 0 aliphatic rings. The second kappa shape index (κ2) is 7.35. The number of hydrazone groups is 1. The van der Waals surface area contributed by atoms with Gasteiger partial charge in [-0.2, -0.15) is 5.10 Å². The molecule has 0 aliphatic carbocycles. The molecule has 1 heterocycles. The fourth-order valence-corrected chi connectivity index (χ4v) is 2.79. The normalized spacial score (nSPS) is 11.6. The highest BCUT2D eigenvalue weighted by atomic mass is 32.2. The van der Waals surface area contributed by atoms with Crippen LogP contribution in [0.1, 0.15) is 5.56 Å². The molecule has 0 aliphatic heterocycles. The zero-order valence-electron chi connectivity index (χ0n) is 13.8. The van der Waals surface area contributed by atoms with Gasteiger partial charge in [0.15, 0.2) is 0 Å². The highest BCUT2D eigenvalue weighted by Crippen LogP contribution is 2.27. The van der Waals surface area contributed by atoms with Crippen molar-refractivity contribution in [3.05, 3.63) is 76.9 Å². The monoisotopic (exact) mass is 386 g/mol. The SMILES string of the molecule is NS(=O)(=O)c1ccc(N/N=C/c2ccc(-n3ccnc3)cc2)c([N+](=O)[O-])c1. The molecule has 0 amide bonds. The Balaban J connectivity index is 1.77. The predicted molar refractivity (Wildman–Crippen MR) is 99.3 cm³/mol. The quantitative estimate of drug-likeness (QED) is 0.376. The molecule has 0 atom stereocenters. The number of sulfonamides is 1. The van der Waals surface area contributed by atoms with Crippen molar-refractivity contribution >= 4 is 27.6 Å². The summed E-state index contributed by atoms with van der Waals surface area (Å²) in [7, 11) is -4.04. The number of nitrogens with two attached hydrogens (primary N) is 1. The van der Waals surface area contributed by atoms with Crippen LogP contribution >= 0.6 is 0 Å². The highest BCUT2D eigenvalue weighted by Gasteiger charge is 2.18. The Labute approximate surface area is 154 Å². The molecule has 0 radical (unpaired) electrons. The van der Waals surface area contributed by atoms with E-state index < -0.39 is 20.6 Å². The largest absolute Gasteiger partial charge is 0.306 e. The standard InChI is InChI=1S/C16H14N6O4S/c17-27(25,26)14-5-6-15(16(9-14)22(23)24)20-19-10-12-1-3-13(4-2-12)21-8-7-18-11-21/h1-11,20H,(H2,17,25,26)/b19-10+. The fraction of sp³-hybridized carbons (Fsp3) is 0. The maximum Gasteiger partial charge on any atom is 0.295 e. The van der Waals surface area contributed by atoms with Gasteiger partial charge < -0.3 is 4.57 Å². The summed E-state index contributed by atoms with van der Waals surface area (Å²) in [5.41, 5.74) is 3.81. The van der Waals surface area contributed by atoms with Gasteiger partial charge in [-0.3, -0.25) is 15.5 Å². The number of rotatable bonds is 6. The number of nitro groups is 1. The summed E-state index contributed by atoms with van der Waals surface area (Å²) in [6, 6.07) is 10.7. The first kappa shape index (κ1) is 18.2. The van der Waals surface area contributed by atoms with Gasteiger partial charge in [-0.1, -0.05) is 12.1 Å². The van der Waals surface area contributed by atoms with Crippen LogP contribution in [-0.4, -0.2) is 29.1 Å². The van der Waals surface area contributed by atoms with Crippen molar-refractivity contribution in [3.8, 4) is 5.69 Å². The Morgan fingerprint density at radius 1 is 1.22 bits per heavy atom. The molecule has 0 unspecified atom stereocenters. The molecule has 3 N–H and O–H groups in total. The number of hydrogen-bond donors (Lipinski definition) is 2. The molecule has 0 saturated carbocycles. The second-order valence-electron chi connectivity index (χ2n) is 5.41. The summed E-state index contributed by atoms with van der Waals surface area (Å²) in [5, 5.41) is 20.1. The molecule has 10 nitrogen and oxygen atoms in total. The van der Waals surface area contributed by atoms with Gasteiger partial charge >= 0.3 is 0 Å². The average Bonchev–Trinajstić information content (AvgIpc) is 3.16. The van der Waals surface area contributed by atoms with Crippen LogP contribution in [0.4, 0.5) is 11.4 Å². The molecule has 3 aromatic rings. The van der Waals surface area contributed by atoms with Crippen LogP contribution in [-0.2, 0) is 10.0 Å². The van der Waals surface area contributed by atoms with E-state index in [-0.39, 0.29) is 10.6 Å². The summed E-state index contributed by atoms with van der Waals surface area (Å²) < 4.78 is 24.5. The Hall–Kier alpha value is -3.57. The van der Waals surface area contributed by atoms with Crippen LogP contribution in [0.5, 0.6) is 0 Å². The molecule has 0 bridgehead atoms. The number of imidazole rings is 1. The van der Waals surface area contributed by atoms with E-state index in [1.807, 2.05) is 35.0 Å². The molecule has 0 saturated heterocycles. The lowest BCUT2D eigenvalue weighted by Gasteiger charge is -2.04. The lowest BCUT2D eigenvalue weighted by molar-refractivity contribution is -0.384. The van der Waals surface area contributed by atoms with E-state index in [2.05, 4.69) is 15.5 Å². The van der Waals surface area contributed by atoms with Gasteiger partial charge in [0, 0.05) is 24.1 Å². The zero-order chi connectivity index (χ0) is 19.4. The van der Waals surface area contributed by atoms with E-state index in [1.54, 1.807) is 12.5 Å². The summed E-state index contributed by atoms with van der Waals surface area (Å²) >= 11 is 0. The average molecular weight is 386 g/mol.